The number of carbonyl (C=O) groups is 1. The summed E-state index contributed by atoms with van der Waals surface area (Å²) >= 11 is 0. The lowest BCUT2D eigenvalue weighted by Gasteiger charge is -2.04. The topological polar surface area (TPSA) is 74.2 Å². The van der Waals surface area contributed by atoms with Crippen molar-refractivity contribution >= 4 is 11.7 Å². The average molecular weight is 209 g/mol. The number of hydrogen-bond donors (Lipinski definition) is 3. The van der Waals surface area contributed by atoms with Gasteiger partial charge < -0.3 is 15.7 Å². The summed E-state index contributed by atoms with van der Waals surface area (Å²) in [4.78, 5) is 15.4. The maximum Gasteiger partial charge on any atom is 0.252 e. The molecule has 1 heterocycles. The molecule has 0 radical (unpaired) electrons. The van der Waals surface area contributed by atoms with E-state index in [1.54, 1.807) is 12.1 Å². The van der Waals surface area contributed by atoms with Gasteiger partial charge in [-0.05, 0) is 19.1 Å². The van der Waals surface area contributed by atoms with E-state index >= 15 is 0 Å². The van der Waals surface area contributed by atoms with E-state index in [0.717, 1.165) is 0 Å². The molecule has 0 fully saturated rings. The molecule has 1 aromatic rings. The number of aliphatic hydroxyl groups excluding tert-OH is 1. The van der Waals surface area contributed by atoms with Gasteiger partial charge in [-0.1, -0.05) is 0 Å². The first kappa shape index (κ1) is 11.5. The number of nitrogens with zero attached hydrogens (tertiary/aromatic N) is 1. The number of rotatable bonds is 5. The SMILES string of the molecule is CCNC(=O)c1ccc(NCCO)nc1. The highest BCUT2D eigenvalue weighted by Gasteiger charge is 2.03. The molecule has 1 aromatic heterocycles. The Balaban J connectivity index is 2.59. The fourth-order valence-electron chi connectivity index (χ4n) is 1.08. The molecule has 3 N–H and O–H groups in total. The fourth-order valence-corrected chi connectivity index (χ4v) is 1.08. The van der Waals surface area contributed by atoms with E-state index < -0.39 is 0 Å². The molecule has 0 saturated carbocycles. The normalized spacial score (nSPS) is 9.73. The molecule has 5 nitrogen and oxygen atoms in total. The zero-order chi connectivity index (χ0) is 11.1. The molecule has 0 saturated heterocycles. The Bertz CT molecular complexity index is 311. The van der Waals surface area contributed by atoms with Crippen molar-refractivity contribution in [1.82, 2.24) is 10.3 Å². The van der Waals surface area contributed by atoms with Crippen LogP contribution in [0.15, 0.2) is 18.3 Å². The summed E-state index contributed by atoms with van der Waals surface area (Å²) in [5.74, 6) is 0.524. The van der Waals surface area contributed by atoms with Crippen molar-refractivity contribution < 1.29 is 9.90 Å². The molecular formula is C10H15N3O2. The van der Waals surface area contributed by atoms with Gasteiger partial charge in [0.2, 0.25) is 0 Å². The second kappa shape index (κ2) is 5.98. The number of amides is 1. The summed E-state index contributed by atoms with van der Waals surface area (Å²) in [6.45, 7) is 2.97. The van der Waals surface area contributed by atoms with Gasteiger partial charge in [0.05, 0.1) is 12.2 Å². The predicted molar refractivity (Wildman–Crippen MR) is 57.8 cm³/mol. The van der Waals surface area contributed by atoms with E-state index in [4.69, 9.17) is 5.11 Å². The summed E-state index contributed by atoms with van der Waals surface area (Å²) < 4.78 is 0. The number of aromatic nitrogens is 1. The molecular weight excluding hydrogens is 194 g/mol. The Morgan fingerprint density at radius 1 is 1.53 bits per heavy atom. The van der Waals surface area contributed by atoms with Crippen LogP contribution in [0.3, 0.4) is 0 Å². The maximum atomic E-state index is 11.4. The summed E-state index contributed by atoms with van der Waals surface area (Å²) in [5, 5.41) is 14.2. The van der Waals surface area contributed by atoms with E-state index in [1.807, 2.05) is 6.92 Å². The molecule has 0 aliphatic rings. The molecule has 5 heteroatoms. The molecule has 82 valence electrons. The molecule has 15 heavy (non-hydrogen) atoms. The van der Waals surface area contributed by atoms with Gasteiger partial charge in [0.15, 0.2) is 0 Å². The quantitative estimate of drug-likeness (QED) is 0.649. The lowest BCUT2D eigenvalue weighted by molar-refractivity contribution is 0.0955. The van der Waals surface area contributed by atoms with Crippen LogP contribution in [0, 0.1) is 0 Å². The average Bonchev–Trinajstić information content (AvgIpc) is 2.27. The maximum absolute atomic E-state index is 11.4. The van der Waals surface area contributed by atoms with E-state index in [0.29, 0.717) is 24.5 Å². The summed E-state index contributed by atoms with van der Waals surface area (Å²) in [7, 11) is 0. The van der Waals surface area contributed by atoms with Gasteiger partial charge in [-0.25, -0.2) is 4.98 Å². The highest BCUT2D eigenvalue weighted by Crippen LogP contribution is 2.04. The summed E-state index contributed by atoms with van der Waals surface area (Å²) in [6.07, 6.45) is 1.50. The lowest BCUT2D eigenvalue weighted by Crippen LogP contribution is -2.22. The third kappa shape index (κ3) is 3.55. The molecule has 0 atom stereocenters. The molecule has 0 aliphatic carbocycles. The van der Waals surface area contributed by atoms with Crippen LogP contribution in [0.2, 0.25) is 0 Å². The van der Waals surface area contributed by atoms with Crippen molar-refractivity contribution in [2.45, 2.75) is 6.92 Å². The first-order chi connectivity index (χ1) is 7.27. The van der Waals surface area contributed by atoms with Gasteiger partial charge in [-0.2, -0.15) is 0 Å². The lowest BCUT2D eigenvalue weighted by atomic mass is 10.2. The molecule has 0 aromatic carbocycles. The van der Waals surface area contributed by atoms with E-state index in [-0.39, 0.29) is 12.5 Å². The Labute approximate surface area is 88.5 Å². The van der Waals surface area contributed by atoms with Crippen molar-refractivity contribution in [3.05, 3.63) is 23.9 Å². The van der Waals surface area contributed by atoms with Gasteiger partial charge in [0.25, 0.3) is 5.91 Å². The minimum absolute atomic E-state index is 0.0553. The first-order valence-corrected chi connectivity index (χ1v) is 4.87. The van der Waals surface area contributed by atoms with Crippen LogP contribution in [0.1, 0.15) is 17.3 Å². The minimum Gasteiger partial charge on any atom is -0.395 e. The van der Waals surface area contributed by atoms with Crippen LogP contribution in [-0.2, 0) is 0 Å². The largest absolute Gasteiger partial charge is 0.395 e. The van der Waals surface area contributed by atoms with Crippen molar-refractivity contribution in [2.24, 2.45) is 0 Å². The van der Waals surface area contributed by atoms with Crippen LogP contribution in [0.5, 0.6) is 0 Å². The smallest absolute Gasteiger partial charge is 0.252 e. The fraction of sp³-hybridized carbons (Fsp3) is 0.400. The Morgan fingerprint density at radius 3 is 2.87 bits per heavy atom. The van der Waals surface area contributed by atoms with Crippen LogP contribution in [-0.4, -0.2) is 35.7 Å². The number of carbonyl (C=O) groups excluding carboxylic acids is 1. The van der Waals surface area contributed by atoms with Gasteiger partial charge in [-0.3, -0.25) is 4.79 Å². The highest BCUT2D eigenvalue weighted by molar-refractivity contribution is 5.93. The second-order valence-corrected chi connectivity index (χ2v) is 2.94. The predicted octanol–water partition coefficient (Wildman–Crippen LogP) is 0.235. The summed E-state index contributed by atoms with van der Waals surface area (Å²) in [5.41, 5.74) is 0.534. The van der Waals surface area contributed by atoms with Gasteiger partial charge in [0, 0.05) is 19.3 Å². The van der Waals surface area contributed by atoms with Crippen LogP contribution < -0.4 is 10.6 Å². The number of nitrogens with one attached hydrogen (secondary N) is 2. The number of aliphatic hydroxyl groups is 1. The molecule has 0 spiro atoms. The van der Waals surface area contributed by atoms with Crippen molar-refractivity contribution in [2.75, 3.05) is 25.0 Å². The second-order valence-electron chi connectivity index (χ2n) is 2.94. The standard InChI is InChI=1S/C10H15N3O2/c1-2-11-10(15)8-3-4-9(13-7-8)12-5-6-14/h3-4,7,14H,2,5-6H2,1H3,(H,11,15)(H,12,13). The third-order valence-electron chi connectivity index (χ3n) is 1.78. The number of anilines is 1. The molecule has 0 bridgehead atoms. The van der Waals surface area contributed by atoms with Crippen LogP contribution in [0.4, 0.5) is 5.82 Å². The van der Waals surface area contributed by atoms with E-state index in [1.165, 1.54) is 6.20 Å². The zero-order valence-electron chi connectivity index (χ0n) is 8.66. The monoisotopic (exact) mass is 209 g/mol. The minimum atomic E-state index is -0.126. The third-order valence-corrected chi connectivity index (χ3v) is 1.78. The Kier molecular flexibility index (Phi) is 4.56. The molecule has 0 aliphatic heterocycles. The summed E-state index contributed by atoms with van der Waals surface area (Å²) in [6, 6.07) is 3.40. The zero-order valence-corrected chi connectivity index (χ0v) is 8.66. The van der Waals surface area contributed by atoms with Gasteiger partial charge in [0.1, 0.15) is 5.82 Å². The van der Waals surface area contributed by atoms with Gasteiger partial charge >= 0.3 is 0 Å². The van der Waals surface area contributed by atoms with Crippen LogP contribution in [0.25, 0.3) is 0 Å². The number of pyridine rings is 1. The van der Waals surface area contributed by atoms with E-state index in [9.17, 15) is 4.79 Å². The molecule has 1 amide bonds. The van der Waals surface area contributed by atoms with E-state index in [2.05, 4.69) is 15.6 Å². The Hall–Kier alpha value is -1.62. The van der Waals surface area contributed by atoms with Gasteiger partial charge in [-0.15, -0.1) is 0 Å². The molecule has 1 rings (SSSR count). The van der Waals surface area contributed by atoms with Crippen molar-refractivity contribution in [1.29, 1.82) is 0 Å². The van der Waals surface area contributed by atoms with Crippen molar-refractivity contribution in [3.63, 3.8) is 0 Å². The highest BCUT2D eigenvalue weighted by atomic mass is 16.3. The van der Waals surface area contributed by atoms with Crippen LogP contribution >= 0.6 is 0 Å². The first-order valence-electron chi connectivity index (χ1n) is 4.87. The Morgan fingerprint density at radius 2 is 2.33 bits per heavy atom. The van der Waals surface area contributed by atoms with Crippen molar-refractivity contribution in [3.8, 4) is 0 Å². The molecule has 0 unspecified atom stereocenters. The number of hydrogen-bond acceptors (Lipinski definition) is 4.